The number of primary amides is 1. The van der Waals surface area contributed by atoms with E-state index in [9.17, 15) is 4.79 Å². The Kier molecular flexibility index (Phi) is 5.49. The maximum atomic E-state index is 11.9. The van der Waals surface area contributed by atoms with E-state index < -0.39 is 0 Å². The third-order valence-electron chi connectivity index (χ3n) is 4.96. The summed E-state index contributed by atoms with van der Waals surface area (Å²) in [6, 6.07) is 4.33. The van der Waals surface area contributed by atoms with E-state index in [1.54, 1.807) is 0 Å². The van der Waals surface area contributed by atoms with Gasteiger partial charge in [0.15, 0.2) is 0 Å². The fourth-order valence-electron chi connectivity index (χ4n) is 3.18. The van der Waals surface area contributed by atoms with Crippen LogP contribution in [0, 0.1) is 11.8 Å². The molecule has 1 unspecified atom stereocenters. The van der Waals surface area contributed by atoms with Gasteiger partial charge in [-0.05, 0) is 48.3 Å². The summed E-state index contributed by atoms with van der Waals surface area (Å²) < 4.78 is 0. The number of unbranched alkanes of at least 4 members (excludes halogenated alkanes) is 1. The van der Waals surface area contributed by atoms with Crippen molar-refractivity contribution in [1.82, 2.24) is 0 Å². The fraction of sp³-hybridized carbons (Fsp3) is 0.632. The first-order valence-corrected chi connectivity index (χ1v) is 8.64. The number of amides is 1. The quantitative estimate of drug-likeness (QED) is 0.833. The Hall–Kier alpha value is -1.51. The average Bonchev–Trinajstić information content (AvgIpc) is 2.86. The van der Waals surface area contributed by atoms with Crippen molar-refractivity contribution in [3.05, 3.63) is 28.8 Å². The van der Waals surface area contributed by atoms with Crippen LogP contribution in [-0.2, 0) is 12.8 Å². The van der Waals surface area contributed by atoms with Gasteiger partial charge in [0.05, 0.1) is 11.3 Å². The van der Waals surface area contributed by atoms with Gasteiger partial charge in [0.1, 0.15) is 0 Å². The minimum atomic E-state index is -0.293. The van der Waals surface area contributed by atoms with Crippen LogP contribution in [0.4, 0.5) is 5.69 Å². The summed E-state index contributed by atoms with van der Waals surface area (Å²) in [5.41, 5.74) is 10.0. The molecule has 2 rings (SSSR count). The molecule has 1 heterocycles. The van der Waals surface area contributed by atoms with E-state index in [-0.39, 0.29) is 5.91 Å². The molecular weight excluding hydrogens is 272 g/mol. The highest BCUT2D eigenvalue weighted by molar-refractivity contribution is 6.00. The lowest BCUT2D eigenvalue weighted by molar-refractivity contribution is 0.100. The van der Waals surface area contributed by atoms with Crippen LogP contribution in [0.25, 0.3) is 0 Å². The first-order valence-electron chi connectivity index (χ1n) is 8.64. The smallest absolute Gasteiger partial charge is 0.250 e. The number of nitrogens with zero attached hydrogens (tertiary/aromatic N) is 1. The summed E-state index contributed by atoms with van der Waals surface area (Å²) in [7, 11) is 0. The molecule has 2 N–H and O–H groups in total. The Morgan fingerprint density at radius 1 is 1.32 bits per heavy atom. The zero-order valence-corrected chi connectivity index (χ0v) is 14.5. The van der Waals surface area contributed by atoms with Gasteiger partial charge in [0.2, 0.25) is 0 Å². The summed E-state index contributed by atoms with van der Waals surface area (Å²) >= 11 is 0. The van der Waals surface area contributed by atoms with E-state index in [4.69, 9.17) is 5.73 Å². The number of benzene rings is 1. The van der Waals surface area contributed by atoms with Crippen LogP contribution in [0.1, 0.15) is 62.0 Å². The number of hydrogen-bond acceptors (Lipinski definition) is 2. The second kappa shape index (κ2) is 7.17. The van der Waals surface area contributed by atoms with Crippen LogP contribution in [0.2, 0.25) is 0 Å². The minimum Gasteiger partial charge on any atom is -0.370 e. The molecule has 1 atom stereocenters. The van der Waals surface area contributed by atoms with Gasteiger partial charge in [0, 0.05) is 13.1 Å². The van der Waals surface area contributed by atoms with Crippen LogP contribution in [-0.4, -0.2) is 19.0 Å². The summed E-state index contributed by atoms with van der Waals surface area (Å²) in [5, 5.41) is 0. The molecule has 0 spiro atoms. The third kappa shape index (κ3) is 3.63. The number of carbonyl (C=O) groups is 1. The molecule has 3 nitrogen and oxygen atoms in total. The number of fused-ring (bicyclic) bond motifs is 1. The van der Waals surface area contributed by atoms with E-state index >= 15 is 0 Å². The molecule has 1 aliphatic heterocycles. The van der Waals surface area contributed by atoms with Gasteiger partial charge in [0.25, 0.3) is 5.91 Å². The highest BCUT2D eigenvalue weighted by Crippen LogP contribution is 2.34. The Labute approximate surface area is 134 Å². The molecule has 22 heavy (non-hydrogen) atoms. The van der Waals surface area contributed by atoms with E-state index in [1.807, 2.05) is 6.07 Å². The molecule has 0 bridgehead atoms. The predicted molar refractivity (Wildman–Crippen MR) is 93.5 cm³/mol. The number of carbonyl (C=O) groups excluding carboxylic acids is 1. The maximum Gasteiger partial charge on any atom is 0.250 e. The average molecular weight is 302 g/mol. The van der Waals surface area contributed by atoms with Gasteiger partial charge in [-0.2, -0.15) is 0 Å². The predicted octanol–water partition coefficient (Wildman–Crippen LogP) is 3.78. The first-order chi connectivity index (χ1) is 10.4. The summed E-state index contributed by atoms with van der Waals surface area (Å²) in [5.74, 6) is 0.960. The van der Waals surface area contributed by atoms with Gasteiger partial charge in [-0.25, -0.2) is 0 Å². The number of nitrogens with two attached hydrogens (primary N) is 1. The van der Waals surface area contributed by atoms with Crippen molar-refractivity contribution < 1.29 is 4.79 Å². The zero-order chi connectivity index (χ0) is 16.3. The molecule has 1 aliphatic rings. The molecule has 0 saturated carbocycles. The third-order valence-corrected chi connectivity index (χ3v) is 4.96. The highest BCUT2D eigenvalue weighted by atomic mass is 16.1. The van der Waals surface area contributed by atoms with Gasteiger partial charge in [-0.1, -0.05) is 40.2 Å². The van der Waals surface area contributed by atoms with Gasteiger partial charge in [-0.3, -0.25) is 4.79 Å². The second-order valence-electron chi connectivity index (χ2n) is 7.03. The SMILES string of the molecule is CCCCN1CCc2cc(CC(C)C(C)C)cc(C(N)=O)c21. The molecular formula is C19H30N2O. The van der Waals surface area contributed by atoms with Crippen LogP contribution >= 0.6 is 0 Å². The lowest BCUT2D eigenvalue weighted by Gasteiger charge is -2.22. The standard InChI is InChI=1S/C19H30N2O/c1-5-6-8-21-9-7-16-11-15(10-14(4)13(2)3)12-17(18(16)21)19(20)22/h11-14H,5-10H2,1-4H3,(H2,20,22). The highest BCUT2D eigenvalue weighted by Gasteiger charge is 2.25. The van der Waals surface area contributed by atoms with E-state index in [1.165, 1.54) is 17.5 Å². The van der Waals surface area contributed by atoms with Crippen molar-refractivity contribution in [2.24, 2.45) is 17.6 Å². The minimum absolute atomic E-state index is 0.293. The fourth-order valence-corrected chi connectivity index (χ4v) is 3.18. The van der Waals surface area contributed by atoms with Crippen LogP contribution in [0.15, 0.2) is 12.1 Å². The normalized spacial score (nSPS) is 15.2. The molecule has 1 aromatic carbocycles. The molecule has 0 saturated heterocycles. The van der Waals surface area contributed by atoms with Crippen LogP contribution < -0.4 is 10.6 Å². The van der Waals surface area contributed by atoms with E-state index in [0.29, 0.717) is 11.8 Å². The van der Waals surface area contributed by atoms with Gasteiger partial charge >= 0.3 is 0 Å². The molecule has 122 valence electrons. The number of anilines is 1. The monoisotopic (exact) mass is 302 g/mol. The molecule has 3 heteroatoms. The Balaban J connectivity index is 2.32. The zero-order valence-electron chi connectivity index (χ0n) is 14.5. The summed E-state index contributed by atoms with van der Waals surface area (Å²) in [4.78, 5) is 14.3. The van der Waals surface area contributed by atoms with Gasteiger partial charge < -0.3 is 10.6 Å². The molecule has 1 aromatic rings. The largest absolute Gasteiger partial charge is 0.370 e. The second-order valence-corrected chi connectivity index (χ2v) is 7.03. The van der Waals surface area contributed by atoms with Crippen LogP contribution in [0.5, 0.6) is 0 Å². The Bertz CT molecular complexity index is 536. The first kappa shape index (κ1) is 16.9. The summed E-state index contributed by atoms with van der Waals surface area (Å²) in [6.07, 6.45) is 4.37. The van der Waals surface area contributed by atoms with Crippen molar-refractivity contribution in [3.63, 3.8) is 0 Å². The van der Waals surface area contributed by atoms with Crippen molar-refractivity contribution >= 4 is 11.6 Å². The van der Waals surface area contributed by atoms with Gasteiger partial charge in [-0.15, -0.1) is 0 Å². The van der Waals surface area contributed by atoms with Crippen molar-refractivity contribution in [1.29, 1.82) is 0 Å². The Morgan fingerprint density at radius 3 is 2.64 bits per heavy atom. The molecule has 0 radical (unpaired) electrons. The lowest BCUT2D eigenvalue weighted by atomic mass is 9.89. The van der Waals surface area contributed by atoms with Crippen LogP contribution in [0.3, 0.4) is 0 Å². The Morgan fingerprint density at radius 2 is 2.05 bits per heavy atom. The van der Waals surface area contributed by atoms with Crippen molar-refractivity contribution in [2.45, 2.75) is 53.4 Å². The number of rotatable bonds is 7. The number of hydrogen-bond donors (Lipinski definition) is 1. The molecule has 0 fully saturated rings. The van der Waals surface area contributed by atoms with E-state index in [0.717, 1.165) is 43.6 Å². The maximum absolute atomic E-state index is 11.9. The van der Waals surface area contributed by atoms with Crippen molar-refractivity contribution in [2.75, 3.05) is 18.0 Å². The van der Waals surface area contributed by atoms with Crippen molar-refractivity contribution in [3.8, 4) is 0 Å². The summed E-state index contributed by atoms with van der Waals surface area (Å²) in [6.45, 7) is 11.0. The lowest BCUT2D eigenvalue weighted by Crippen LogP contribution is -2.25. The molecule has 0 aromatic heterocycles. The van der Waals surface area contributed by atoms with E-state index in [2.05, 4.69) is 38.7 Å². The topological polar surface area (TPSA) is 46.3 Å². The molecule has 1 amide bonds. The molecule has 0 aliphatic carbocycles.